The molecule has 0 saturated heterocycles. The van der Waals surface area contributed by atoms with Gasteiger partial charge in [0, 0.05) is 24.7 Å². The topological polar surface area (TPSA) is 111 Å². The zero-order valence-corrected chi connectivity index (χ0v) is 15.4. The molecule has 3 rings (SSSR count). The summed E-state index contributed by atoms with van der Waals surface area (Å²) in [5.74, 6) is -2.98. The van der Waals surface area contributed by atoms with Crippen molar-refractivity contribution < 1.29 is 37.2 Å². The number of methoxy groups -OCH3 is 1. The van der Waals surface area contributed by atoms with Gasteiger partial charge in [0.1, 0.15) is 12.7 Å². The largest absolute Gasteiger partial charge is 0.490 e. The Morgan fingerprint density at radius 2 is 1.90 bits per heavy atom. The predicted molar refractivity (Wildman–Crippen MR) is 92.3 cm³/mol. The van der Waals surface area contributed by atoms with E-state index in [-0.39, 0.29) is 6.42 Å². The Hall–Kier alpha value is -3.57. The predicted octanol–water partition coefficient (Wildman–Crippen LogP) is 1.51. The lowest BCUT2D eigenvalue weighted by atomic mass is 10.1. The molecule has 12 heteroatoms. The molecule has 0 unspecified atom stereocenters. The van der Waals surface area contributed by atoms with E-state index in [9.17, 15) is 22.8 Å². The van der Waals surface area contributed by atoms with Gasteiger partial charge in [-0.15, -0.1) is 0 Å². The normalized spacial score (nSPS) is 10.9. The Labute approximate surface area is 162 Å². The number of alkyl halides is 3. The first-order valence-electron chi connectivity index (χ1n) is 8.12. The Bertz CT molecular complexity index is 1000. The third-order valence-corrected chi connectivity index (χ3v) is 3.69. The maximum atomic E-state index is 11.0. The molecule has 1 N–H and O–H groups in total. The molecular weight excluding hydrogens is 395 g/mol. The summed E-state index contributed by atoms with van der Waals surface area (Å²) in [6.45, 7) is 0.446. The average molecular weight is 412 g/mol. The summed E-state index contributed by atoms with van der Waals surface area (Å²) in [5.41, 5.74) is 2.54. The van der Waals surface area contributed by atoms with Gasteiger partial charge in [0.05, 0.1) is 24.4 Å². The second-order valence-corrected chi connectivity index (χ2v) is 5.69. The number of aromatic nitrogens is 5. The van der Waals surface area contributed by atoms with Crippen molar-refractivity contribution in [3.8, 4) is 11.3 Å². The number of ether oxygens (including phenoxy) is 1. The Morgan fingerprint density at radius 1 is 1.24 bits per heavy atom. The third kappa shape index (κ3) is 5.70. The number of halogens is 3. The van der Waals surface area contributed by atoms with E-state index in [4.69, 9.17) is 5.11 Å². The maximum Gasteiger partial charge on any atom is 0.490 e. The van der Waals surface area contributed by atoms with Gasteiger partial charge in [-0.1, -0.05) is 0 Å². The molecule has 0 fully saturated rings. The minimum atomic E-state index is -4.85. The molecule has 0 aromatic carbocycles. The first-order valence-corrected chi connectivity index (χ1v) is 8.12. The van der Waals surface area contributed by atoms with Crippen LogP contribution in [0.5, 0.6) is 0 Å². The SMILES string of the molecule is COC(=O)C(F)(F)F.Cn1ncc2c(-c3cc[n+](CCC(=O)O)cc3)ncnc21. The van der Waals surface area contributed by atoms with Crippen molar-refractivity contribution in [3.05, 3.63) is 37.1 Å². The molecule has 0 saturated carbocycles. The lowest BCUT2D eigenvalue weighted by Crippen LogP contribution is -2.33. The van der Waals surface area contributed by atoms with Crippen molar-refractivity contribution in [2.75, 3.05) is 7.11 Å². The minimum absolute atomic E-state index is 0.102. The Morgan fingerprint density at radius 3 is 2.41 bits per heavy atom. The summed E-state index contributed by atoms with van der Waals surface area (Å²) in [6, 6.07) is 3.83. The lowest BCUT2D eigenvalue weighted by Gasteiger charge is -2.01. The number of aliphatic carboxylic acids is 1. The molecule has 3 aromatic heterocycles. The number of hydrogen-bond acceptors (Lipinski definition) is 6. The number of rotatable bonds is 4. The number of aryl methyl sites for hydroxylation is 2. The van der Waals surface area contributed by atoms with E-state index in [1.165, 1.54) is 6.33 Å². The molecule has 9 nitrogen and oxygen atoms in total. The van der Waals surface area contributed by atoms with E-state index in [1.807, 2.05) is 36.1 Å². The standard InChI is InChI=1S/C14H13N5O2.C3H3F3O2/c1-18-14-11(8-17-18)13(15-9-16-14)10-2-5-19(6-3-10)7-4-12(20)21;1-8-2(7)3(4,5)6/h2-3,5-6,8-9H,4,7H2,1H3;1H3/p+1. The van der Waals surface area contributed by atoms with E-state index in [0.717, 1.165) is 22.3 Å². The molecule has 0 atom stereocenters. The number of pyridine rings is 1. The van der Waals surface area contributed by atoms with Crippen LogP contribution in [-0.4, -0.2) is 50.1 Å². The number of carbonyl (C=O) groups excluding carboxylic acids is 1. The van der Waals surface area contributed by atoms with Crippen LogP contribution in [0.1, 0.15) is 6.42 Å². The highest BCUT2D eigenvalue weighted by Gasteiger charge is 2.40. The number of fused-ring (bicyclic) bond motifs is 1. The molecule has 0 aliphatic carbocycles. The van der Waals surface area contributed by atoms with Gasteiger partial charge in [0.25, 0.3) is 0 Å². The van der Waals surface area contributed by atoms with Gasteiger partial charge in [0.15, 0.2) is 24.6 Å². The summed E-state index contributed by atoms with van der Waals surface area (Å²) < 4.78 is 39.8. The van der Waals surface area contributed by atoms with Gasteiger partial charge in [-0.3, -0.25) is 9.48 Å². The van der Waals surface area contributed by atoms with E-state index >= 15 is 0 Å². The van der Waals surface area contributed by atoms with Gasteiger partial charge >= 0.3 is 18.1 Å². The van der Waals surface area contributed by atoms with Crippen LogP contribution in [0.3, 0.4) is 0 Å². The van der Waals surface area contributed by atoms with Crippen molar-refractivity contribution in [2.45, 2.75) is 19.1 Å². The van der Waals surface area contributed by atoms with Crippen LogP contribution in [0.25, 0.3) is 22.3 Å². The van der Waals surface area contributed by atoms with Crippen LogP contribution in [0.2, 0.25) is 0 Å². The van der Waals surface area contributed by atoms with Crippen molar-refractivity contribution >= 4 is 23.0 Å². The molecule has 0 aliphatic rings. The van der Waals surface area contributed by atoms with Gasteiger partial charge in [-0.25, -0.2) is 19.3 Å². The third-order valence-electron chi connectivity index (χ3n) is 3.69. The van der Waals surface area contributed by atoms with Crippen LogP contribution in [-0.2, 0) is 27.9 Å². The van der Waals surface area contributed by atoms with Crippen LogP contribution >= 0.6 is 0 Å². The number of carbonyl (C=O) groups is 2. The Kier molecular flexibility index (Phi) is 6.80. The number of carboxylic acids is 1. The van der Waals surface area contributed by atoms with Crippen LogP contribution < -0.4 is 4.57 Å². The number of carboxylic acid groups (broad SMARTS) is 1. The van der Waals surface area contributed by atoms with E-state index < -0.39 is 18.1 Å². The van der Waals surface area contributed by atoms with E-state index in [2.05, 4.69) is 19.8 Å². The van der Waals surface area contributed by atoms with Crippen molar-refractivity contribution in [1.29, 1.82) is 0 Å². The van der Waals surface area contributed by atoms with Crippen molar-refractivity contribution in [2.24, 2.45) is 7.05 Å². The molecule has 29 heavy (non-hydrogen) atoms. The maximum absolute atomic E-state index is 11.0. The second kappa shape index (κ2) is 9.08. The van der Waals surface area contributed by atoms with Gasteiger partial charge in [-0.05, 0) is 0 Å². The van der Waals surface area contributed by atoms with E-state index in [0.29, 0.717) is 13.7 Å². The summed E-state index contributed by atoms with van der Waals surface area (Å²) >= 11 is 0. The zero-order chi connectivity index (χ0) is 21.6. The fourth-order valence-electron chi connectivity index (χ4n) is 2.30. The molecule has 0 amide bonds. The first-order chi connectivity index (χ1) is 13.6. The number of nitrogens with zero attached hydrogens (tertiary/aromatic N) is 5. The molecule has 154 valence electrons. The van der Waals surface area contributed by atoms with Gasteiger partial charge in [0.2, 0.25) is 0 Å². The summed E-state index contributed by atoms with van der Waals surface area (Å²) in [4.78, 5) is 28.6. The molecular formula is C17H17F3N5O4+. The number of esters is 1. The monoisotopic (exact) mass is 412 g/mol. The summed E-state index contributed by atoms with van der Waals surface area (Å²) in [6.07, 6.45) is 2.21. The molecule has 0 aliphatic heterocycles. The van der Waals surface area contributed by atoms with Crippen LogP contribution in [0, 0.1) is 0 Å². The highest BCUT2D eigenvalue weighted by molar-refractivity contribution is 5.89. The lowest BCUT2D eigenvalue weighted by molar-refractivity contribution is -0.695. The fraction of sp³-hybridized carbons (Fsp3) is 0.294. The van der Waals surface area contributed by atoms with E-state index in [1.54, 1.807) is 10.9 Å². The van der Waals surface area contributed by atoms with Crippen LogP contribution in [0.4, 0.5) is 13.2 Å². The molecule has 3 heterocycles. The fourth-order valence-corrected chi connectivity index (χ4v) is 2.30. The first kappa shape index (κ1) is 21.7. The van der Waals surface area contributed by atoms with Gasteiger partial charge < -0.3 is 9.84 Å². The zero-order valence-electron chi connectivity index (χ0n) is 15.4. The molecule has 0 spiro atoms. The highest BCUT2D eigenvalue weighted by Crippen LogP contribution is 2.23. The smallest absolute Gasteiger partial charge is 0.481 e. The van der Waals surface area contributed by atoms with Gasteiger partial charge in [-0.2, -0.15) is 18.3 Å². The molecule has 0 bridgehead atoms. The van der Waals surface area contributed by atoms with Crippen molar-refractivity contribution in [3.63, 3.8) is 0 Å². The molecule has 0 radical (unpaired) electrons. The molecule has 3 aromatic rings. The average Bonchev–Trinajstić information content (AvgIpc) is 3.07. The summed E-state index contributed by atoms with van der Waals surface area (Å²) in [5, 5.41) is 13.8. The highest BCUT2D eigenvalue weighted by atomic mass is 19.4. The van der Waals surface area contributed by atoms with Crippen molar-refractivity contribution in [1.82, 2.24) is 19.7 Å². The van der Waals surface area contributed by atoms with Crippen LogP contribution in [0.15, 0.2) is 37.1 Å². The minimum Gasteiger partial charge on any atom is -0.481 e. The second-order valence-electron chi connectivity index (χ2n) is 5.69. The number of hydrogen-bond donors (Lipinski definition) is 1. The quantitative estimate of drug-likeness (QED) is 0.511. The summed E-state index contributed by atoms with van der Waals surface area (Å²) in [7, 11) is 2.51. The Balaban J connectivity index is 0.000000321.